The second-order valence-electron chi connectivity index (χ2n) is 3.25. The van der Waals surface area contributed by atoms with E-state index in [1.807, 2.05) is 0 Å². The monoisotopic (exact) mass is 211 g/mol. The quantitative estimate of drug-likeness (QED) is 0.759. The largest absolute Gasteiger partial charge is 0.378 e. The van der Waals surface area contributed by atoms with Crippen LogP contribution < -0.4 is 5.32 Å². The minimum atomic E-state index is -0.0821. The van der Waals surface area contributed by atoms with Crippen LogP contribution in [0.25, 0.3) is 0 Å². The second kappa shape index (κ2) is 4.79. The molecule has 0 bridgehead atoms. The highest BCUT2D eigenvalue weighted by Crippen LogP contribution is 1.98. The van der Waals surface area contributed by atoms with Gasteiger partial charge in [-0.15, -0.1) is 0 Å². The Balaban J connectivity index is 1.76. The van der Waals surface area contributed by atoms with Crippen molar-refractivity contribution in [1.29, 1.82) is 0 Å². The molecular formula is C9H13N3O3. The number of hydrogen-bond donors (Lipinski definition) is 1. The van der Waals surface area contributed by atoms with Crippen LogP contribution in [0.3, 0.4) is 0 Å². The third-order valence-corrected chi connectivity index (χ3v) is 2.21. The summed E-state index contributed by atoms with van der Waals surface area (Å²) >= 11 is 0. The number of nitrogens with one attached hydrogen (secondary N) is 1. The lowest BCUT2D eigenvalue weighted by Crippen LogP contribution is -2.45. The van der Waals surface area contributed by atoms with E-state index in [4.69, 9.17) is 4.74 Å². The van der Waals surface area contributed by atoms with Gasteiger partial charge in [0.2, 0.25) is 0 Å². The van der Waals surface area contributed by atoms with Crippen LogP contribution >= 0.6 is 0 Å². The molecule has 2 rings (SSSR count). The van der Waals surface area contributed by atoms with Crippen LogP contribution in [0.4, 0.5) is 4.79 Å². The maximum atomic E-state index is 11.6. The zero-order valence-electron chi connectivity index (χ0n) is 8.31. The zero-order valence-corrected chi connectivity index (χ0v) is 8.31. The predicted molar refractivity (Wildman–Crippen MR) is 51.1 cm³/mol. The average Bonchev–Trinajstić information content (AvgIpc) is 2.80. The van der Waals surface area contributed by atoms with E-state index in [1.165, 1.54) is 6.26 Å². The summed E-state index contributed by atoms with van der Waals surface area (Å²) in [6.45, 7) is 2.90. The molecule has 0 atom stereocenters. The van der Waals surface area contributed by atoms with Gasteiger partial charge in [-0.25, -0.2) is 4.79 Å². The van der Waals surface area contributed by atoms with E-state index in [9.17, 15) is 4.79 Å². The van der Waals surface area contributed by atoms with Crippen molar-refractivity contribution in [2.75, 3.05) is 26.3 Å². The fourth-order valence-electron chi connectivity index (χ4n) is 1.37. The van der Waals surface area contributed by atoms with Gasteiger partial charge in [-0.1, -0.05) is 5.16 Å². The molecule has 6 heteroatoms. The number of ether oxygens (including phenoxy) is 1. The SMILES string of the molecule is O=C(NCc1ccon1)N1CCOCC1. The molecule has 1 saturated heterocycles. The molecule has 0 spiro atoms. The molecule has 15 heavy (non-hydrogen) atoms. The van der Waals surface area contributed by atoms with E-state index >= 15 is 0 Å². The maximum absolute atomic E-state index is 11.6. The number of morpholine rings is 1. The number of nitrogens with zero attached hydrogens (tertiary/aromatic N) is 2. The molecule has 0 aromatic carbocycles. The molecule has 1 aromatic heterocycles. The summed E-state index contributed by atoms with van der Waals surface area (Å²) in [5, 5.41) is 6.46. The fraction of sp³-hybridized carbons (Fsp3) is 0.556. The molecule has 1 aromatic rings. The molecule has 0 radical (unpaired) electrons. The molecule has 2 heterocycles. The first-order valence-electron chi connectivity index (χ1n) is 4.86. The van der Waals surface area contributed by atoms with E-state index in [2.05, 4.69) is 15.0 Å². The van der Waals surface area contributed by atoms with Crippen LogP contribution in [-0.4, -0.2) is 42.4 Å². The summed E-state index contributed by atoms with van der Waals surface area (Å²) in [5.41, 5.74) is 0.719. The van der Waals surface area contributed by atoms with Gasteiger partial charge in [-0.3, -0.25) is 0 Å². The van der Waals surface area contributed by atoms with Crippen LogP contribution in [0, 0.1) is 0 Å². The number of carbonyl (C=O) groups excluding carboxylic acids is 1. The van der Waals surface area contributed by atoms with Crippen molar-refractivity contribution in [2.45, 2.75) is 6.54 Å². The van der Waals surface area contributed by atoms with Gasteiger partial charge in [0.25, 0.3) is 0 Å². The van der Waals surface area contributed by atoms with Gasteiger partial charge in [-0.05, 0) is 0 Å². The van der Waals surface area contributed by atoms with E-state index < -0.39 is 0 Å². The minimum absolute atomic E-state index is 0.0821. The molecule has 1 N–H and O–H groups in total. The Morgan fingerprint density at radius 1 is 1.53 bits per heavy atom. The third-order valence-electron chi connectivity index (χ3n) is 2.21. The Morgan fingerprint density at radius 3 is 3.00 bits per heavy atom. The number of amides is 2. The molecule has 1 aliphatic rings. The first-order valence-corrected chi connectivity index (χ1v) is 4.86. The van der Waals surface area contributed by atoms with Crippen LogP contribution in [0.1, 0.15) is 5.69 Å². The van der Waals surface area contributed by atoms with Crippen LogP contribution in [0.5, 0.6) is 0 Å². The topological polar surface area (TPSA) is 67.6 Å². The first-order chi connectivity index (χ1) is 7.36. The van der Waals surface area contributed by atoms with Gasteiger partial charge >= 0.3 is 6.03 Å². The molecule has 82 valence electrons. The van der Waals surface area contributed by atoms with Crippen LogP contribution in [0.2, 0.25) is 0 Å². The standard InChI is InChI=1S/C9H13N3O3/c13-9(12-2-5-14-6-3-12)10-7-8-1-4-15-11-8/h1,4H,2-3,5-7H2,(H,10,13). The zero-order chi connectivity index (χ0) is 10.5. The van der Waals surface area contributed by atoms with Gasteiger partial charge in [0.1, 0.15) is 12.0 Å². The Morgan fingerprint density at radius 2 is 2.33 bits per heavy atom. The second-order valence-corrected chi connectivity index (χ2v) is 3.25. The Bertz CT molecular complexity index is 306. The number of urea groups is 1. The molecule has 0 aliphatic carbocycles. The van der Waals surface area contributed by atoms with Gasteiger partial charge in [-0.2, -0.15) is 0 Å². The number of rotatable bonds is 2. The lowest BCUT2D eigenvalue weighted by Gasteiger charge is -2.26. The third kappa shape index (κ3) is 2.69. The van der Waals surface area contributed by atoms with Gasteiger partial charge in [0.05, 0.1) is 19.8 Å². The van der Waals surface area contributed by atoms with Crippen LogP contribution in [0.15, 0.2) is 16.9 Å². The summed E-state index contributed by atoms with van der Waals surface area (Å²) in [4.78, 5) is 13.3. The first kappa shape index (κ1) is 9.97. The summed E-state index contributed by atoms with van der Waals surface area (Å²) in [5.74, 6) is 0. The lowest BCUT2D eigenvalue weighted by atomic mass is 10.4. The Kier molecular flexibility index (Phi) is 3.18. The van der Waals surface area contributed by atoms with Crippen molar-refractivity contribution in [1.82, 2.24) is 15.4 Å². The van der Waals surface area contributed by atoms with Gasteiger partial charge < -0.3 is 19.5 Å². The number of aromatic nitrogens is 1. The summed E-state index contributed by atoms with van der Waals surface area (Å²) in [6, 6.07) is 1.64. The number of hydrogen-bond acceptors (Lipinski definition) is 4. The molecule has 6 nitrogen and oxygen atoms in total. The molecule has 0 unspecified atom stereocenters. The number of carbonyl (C=O) groups is 1. The molecule has 1 aliphatic heterocycles. The van der Waals surface area contributed by atoms with Crippen molar-refractivity contribution in [3.8, 4) is 0 Å². The van der Waals surface area contributed by atoms with Crippen LogP contribution in [-0.2, 0) is 11.3 Å². The maximum Gasteiger partial charge on any atom is 0.317 e. The molecule has 2 amide bonds. The smallest absolute Gasteiger partial charge is 0.317 e. The fourth-order valence-corrected chi connectivity index (χ4v) is 1.37. The van der Waals surface area contributed by atoms with E-state index in [0.717, 1.165) is 5.69 Å². The van der Waals surface area contributed by atoms with Gasteiger partial charge in [0, 0.05) is 19.2 Å². The van der Waals surface area contributed by atoms with Crippen molar-refractivity contribution < 1.29 is 14.1 Å². The van der Waals surface area contributed by atoms with E-state index in [1.54, 1.807) is 11.0 Å². The summed E-state index contributed by atoms with van der Waals surface area (Å²) in [7, 11) is 0. The predicted octanol–water partition coefficient (Wildman–Crippen LogP) is 0.216. The van der Waals surface area contributed by atoms with Gasteiger partial charge in [0.15, 0.2) is 0 Å². The van der Waals surface area contributed by atoms with Crippen molar-refractivity contribution in [3.05, 3.63) is 18.0 Å². The van der Waals surface area contributed by atoms with Crippen molar-refractivity contribution in [2.24, 2.45) is 0 Å². The highest BCUT2D eigenvalue weighted by Gasteiger charge is 2.16. The molecule has 1 fully saturated rings. The summed E-state index contributed by atoms with van der Waals surface area (Å²) in [6.07, 6.45) is 1.48. The Labute approximate surface area is 87.2 Å². The van der Waals surface area contributed by atoms with E-state index in [0.29, 0.717) is 32.8 Å². The van der Waals surface area contributed by atoms with E-state index in [-0.39, 0.29) is 6.03 Å². The highest BCUT2D eigenvalue weighted by molar-refractivity contribution is 5.74. The average molecular weight is 211 g/mol. The lowest BCUT2D eigenvalue weighted by molar-refractivity contribution is 0.0531. The minimum Gasteiger partial charge on any atom is -0.378 e. The molecule has 0 saturated carbocycles. The molecular weight excluding hydrogens is 198 g/mol. The Hall–Kier alpha value is -1.56. The van der Waals surface area contributed by atoms with Crippen molar-refractivity contribution in [3.63, 3.8) is 0 Å². The summed E-state index contributed by atoms with van der Waals surface area (Å²) < 4.78 is 9.81. The van der Waals surface area contributed by atoms with Crippen molar-refractivity contribution >= 4 is 6.03 Å². The highest BCUT2D eigenvalue weighted by atomic mass is 16.5. The normalized spacial score (nSPS) is 16.4.